The fraction of sp³-hybridized carbons (Fsp3) is 0.417. The van der Waals surface area contributed by atoms with Crippen molar-refractivity contribution in [1.82, 2.24) is 24.8 Å². The van der Waals surface area contributed by atoms with Crippen LogP contribution in [0.4, 0.5) is 5.69 Å². The number of aromatic nitrogens is 3. The van der Waals surface area contributed by atoms with E-state index < -0.39 is 0 Å². The second-order valence-corrected chi connectivity index (χ2v) is 8.73. The maximum atomic E-state index is 12.6. The fourth-order valence-corrected chi connectivity index (χ4v) is 4.97. The van der Waals surface area contributed by atoms with Gasteiger partial charge < -0.3 is 15.2 Å². The average Bonchev–Trinajstić information content (AvgIpc) is 3.66. The summed E-state index contributed by atoms with van der Waals surface area (Å²) in [5, 5.41) is 3.14. The van der Waals surface area contributed by atoms with Crippen LogP contribution < -0.4 is 21.5 Å². The van der Waals surface area contributed by atoms with Gasteiger partial charge in [0.05, 0.1) is 22.8 Å². The van der Waals surface area contributed by atoms with Crippen LogP contribution in [0.2, 0.25) is 0 Å². The van der Waals surface area contributed by atoms with Gasteiger partial charge in [-0.15, -0.1) is 0 Å². The van der Waals surface area contributed by atoms with Gasteiger partial charge in [0.25, 0.3) is 11.5 Å². The van der Waals surface area contributed by atoms with Gasteiger partial charge >= 0.3 is 5.69 Å². The lowest BCUT2D eigenvalue weighted by molar-refractivity contribution is 0.0958. The Labute approximate surface area is 191 Å². The van der Waals surface area contributed by atoms with Crippen LogP contribution >= 0.6 is 0 Å². The van der Waals surface area contributed by atoms with E-state index in [9.17, 15) is 14.4 Å². The highest BCUT2D eigenvalue weighted by Gasteiger charge is 2.50. The highest BCUT2D eigenvalue weighted by Crippen LogP contribution is 2.51. The number of amides is 1. The first-order chi connectivity index (χ1) is 16.0. The van der Waals surface area contributed by atoms with E-state index >= 15 is 0 Å². The quantitative estimate of drug-likeness (QED) is 0.610. The number of fused-ring (bicyclic) bond motifs is 1. The van der Waals surface area contributed by atoms with E-state index in [-0.39, 0.29) is 22.7 Å². The number of hydrogen-bond acceptors (Lipinski definition) is 6. The lowest BCUT2D eigenvalue weighted by Gasteiger charge is -2.41. The van der Waals surface area contributed by atoms with Crippen molar-refractivity contribution in [2.75, 3.05) is 38.1 Å². The zero-order chi connectivity index (χ0) is 23.2. The summed E-state index contributed by atoms with van der Waals surface area (Å²) in [7, 11) is 1.60. The molecule has 0 radical (unpaired) electrons. The molecule has 0 spiro atoms. The van der Waals surface area contributed by atoms with Crippen LogP contribution in [-0.2, 0) is 12.1 Å². The van der Waals surface area contributed by atoms with Crippen molar-refractivity contribution in [3.63, 3.8) is 0 Å². The third-order valence-corrected chi connectivity index (χ3v) is 7.02. The molecule has 1 aromatic carbocycles. The largest absolute Gasteiger partial charge is 0.368 e. The molecule has 0 unspecified atom stereocenters. The van der Waals surface area contributed by atoms with Crippen molar-refractivity contribution in [3.05, 3.63) is 68.6 Å². The molecule has 33 heavy (non-hydrogen) atoms. The van der Waals surface area contributed by atoms with Gasteiger partial charge in [-0.25, -0.2) is 9.78 Å². The van der Waals surface area contributed by atoms with E-state index in [4.69, 9.17) is 0 Å². The van der Waals surface area contributed by atoms with Crippen molar-refractivity contribution in [3.8, 4) is 0 Å². The molecule has 5 rings (SSSR count). The van der Waals surface area contributed by atoms with E-state index in [1.165, 1.54) is 4.57 Å². The standard InChI is InChI=1S/C24H28N6O3/c1-3-30-22(32)18-6-4-16(14-20(18)27-23(30)33)24(8-9-24)29-12-10-28(11-13-29)17-5-7-19(26-15-17)21(31)25-2/h4-7,14-15H,3,8-13H2,1-2H3,(H,25,31)(H,27,33). The number of anilines is 1. The summed E-state index contributed by atoms with van der Waals surface area (Å²) in [4.78, 5) is 48.6. The molecule has 0 bridgehead atoms. The van der Waals surface area contributed by atoms with Gasteiger partial charge in [-0.05, 0) is 49.6 Å². The Bertz CT molecular complexity index is 1310. The minimum absolute atomic E-state index is 0.0297. The maximum absolute atomic E-state index is 12.6. The fourth-order valence-electron chi connectivity index (χ4n) is 4.97. The summed E-state index contributed by atoms with van der Waals surface area (Å²) in [6, 6.07) is 9.58. The van der Waals surface area contributed by atoms with Crippen LogP contribution in [0.15, 0.2) is 46.1 Å². The number of carbonyl (C=O) groups excluding carboxylic acids is 1. The summed E-state index contributed by atoms with van der Waals surface area (Å²) >= 11 is 0. The van der Waals surface area contributed by atoms with E-state index in [0.29, 0.717) is 23.1 Å². The number of nitrogens with one attached hydrogen (secondary N) is 2. The first-order valence-electron chi connectivity index (χ1n) is 11.4. The number of hydrogen-bond donors (Lipinski definition) is 2. The second kappa shape index (κ2) is 8.15. The Morgan fingerprint density at radius 1 is 1.12 bits per heavy atom. The van der Waals surface area contributed by atoms with Gasteiger partial charge in [0.2, 0.25) is 0 Å². The topological polar surface area (TPSA) is 103 Å². The van der Waals surface area contributed by atoms with Crippen LogP contribution in [0.3, 0.4) is 0 Å². The monoisotopic (exact) mass is 448 g/mol. The van der Waals surface area contributed by atoms with E-state index in [0.717, 1.165) is 50.3 Å². The number of pyridine rings is 1. The molecule has 9 nitrogen and oxygen atoms in total. The van der Waals surface area contributed by atoms with Crippen molar-refractivity contribution in [1.29, 1.82) is 0 Å². The first kappa shape index (κ1) is 21.4. The van der Waals surface area contributed by atoms with Gasteiger partial charge in [0, 0.05) is 45.3 Å². The van der Waals surface area contributed by atoms with Crippen LogP contribution in [0.25, 0.3) is 10.9 Å². The molecule has 1 saturated carbocycles. The molecule has 1 amide bonds. The van der Waals surface area contributed by atoms with Crippen LogP contribution in [-0.4, -0.2) is 58.6 Å². The van der Waals surface area contributed by atoms with E-state index in [1.807, 2.05) is 24.3 Å². The molecule has 2 fully saturated rings. The Balaban J connectivity index is 1.34. The van der Waals surface area contributed by atoms with Gasteiger partial charge in [-0.3, -0.25) is 19.1 Å². The molecule has 1 aliphatic heterocycles. The Morgan fingerprint density at radius 2 is 1.88 bits per heavy atom. The number of H-pyrrole nitrogens is 1. The van der Waals surface area contributed by atoms with Gasteiger partial charge in [-0.1, -0.05) is 6.07 Å². The third kappa shape index (κ3) is 3.62. The molecular weight excluding hydrogens is 420 g/mol. The minimum Gasteiger partial charge on any atom is -0.368 e. The SMILES string of the molecule is CCn1c(=O)[nH]c2cc(C3(N4CCN(c5ccc(C(=O)NC)nc5)CC4)CC3)ccc2c1=O. The zero-order valence-corrected chi connectivity index (χ0v) is 18.9. The predicted molar refractivity (Wildman–Crippen MR) is 127 cm³/mol. The number of benzene rings is 1. The van der Waals surface area contributed by atoms with Crippen LogP contribution in [0, 0.1) is 0 Å². The maximum Gasteiger partial charge on any atom is 0.328 e. The zero-order valence-electron chi connectivity index (χ0n) is 18.9. The number of carbonyl (C=O) groups is 1. The smallest absolute Gasteiger partial charge is 0.328 e. The summed E-state index contributed by atoms with van der Waals surface area (Å²) in [6.45, 7) is 5.70. The number of rotatable bonds is 5. The predicted octanol–water partition coefficient (Wildman–Crippen LogP) is 1.28. The van der Waals surface area contributed by atoms with Crippen molar-refractivity contribution in [2.24, 2.45) is 0 Å². The van der Waals surface area contributed by atoms with Gasteiger partial charge in [0.1, 0.15) is 5.69 Å². The summed E-state index contributed by atoms with van der Waals surface area (Å²) < 4.78 is 1.23. The second-order valence-electron chi connectivity index (χ2n) is 8.73. The van der Waals surface area contributed by atoms with Gasteiger partial charge in [0.15, 0.2) is 0 Å². The Morgan fingerprint density at radius 3 is 2.48 bits per heavy atom. The molecule has 2 N–H and O–H groups in total. The Hall–Kier alpha value is -3.46. The van der Waals surface area contributed by atoms with Crippen molar-refractivity contribution >= 4 is 22.5 Å². The van der Waals surface area contributed by atoms with Crippen molar-refractivity contribution < 1.29 is 4.79 Å². The number of nitrogens with zero attached hydrogens (tertiary/aromatic N) is 4. The summed E-state index contributed by atoms with van der Waals surface area (Å²) in [5.41, 5.74) is 2.57. The highest BCUT2D eigenvalue weighted by atomic mass is 16.2. The molecule has 9 heteroatoms. The molecular formula is C24H28N6O3. The van der Waals surface area contributed by atoms with Crippen molar-refractivity contribution in [2.45, 2.75) is 31.8 Å². The Kier molecular flexibility index (Phi) is 5.28. The lowest BCUT2D eigenvalue weighted by Crippen LogP contribution is -2.50. The normalized spacial score (nSPS) is 17.8. The molecule has 1 aliphatic carbocycles. The van der Waals surface area contributed by atoms with Crippen LogP contribution in [0.1, 0.15) is 35.8 Å². The number of aromatic amines is 1. The van der Waals surface area contributed by atoms with Gasteiger partial charge in [-0.2, -0.15) is 0 Å². The van der Waals surface area contributed by atoms with E-state index in [1.54, 1.807) is 26.2 Å². The molecule has 172 valence electrons. The average molecular weight is 449 g/mol. The molecule has 0 atom stereocenters. The molecule has 2 aromatic heterocycles. The lowest BCUT2D eigenvalue weighted by atomic mass is 10.00. The third-order valence-electron chi connectivity index (χ3n) is 7.02. The van der Waals surface area contributed by atoms with E-state index in [2.05, 4.69) is 25.1 Å². The first-order valence-corrected chi connectivity index (χ1v) is 11.4. The molecule has 3 aromatic rings. The minimum atomic E-state index is -0.360. The molecule has 2 aliphatic rings. The highest BCUT2D eigenvalue weighted by molar-refractivity contribution is 5.92. The summed E-state index contributed by atoms with van der Waals surface area (Å²) in [5.74, 6) is -0.188. The molecule has 1 saturated heterocycles. The van der Waals surface area contributed by atoms with Crippen LogP contribution in [0.5, 0.6) is 0 Å². The number of piperazine rings is 1. The molecule has 3 heterocycles. The summed E-state index contributed by atoms with van der Waals surface area (Å²) in [6.07, 6.45) is 3.89.